The summed E-state index contributed by atoms with van der Waals surface area (Å²) in [6, 6.07) is 6.36. The molecule has 3 atom stereocenters. The summed E-state index contributed by atoms with van der Waals surface area (Å²) in [6.07, 6.45) is -2.38. The largest absolute Gasteiger partial charge is 0.493 e. The second-order valence-electron chi connectivity index (χ2n) is 10.3. The van der Waals surface area contributed by atoms with Crippen molar-refractivity contribution < 1.29 is 40.6 Å². The zero-order valence-electron chi connectivity index (χ0n) is 25.2. The van der Waals surface area contributed by atoms with E-state index in [1.807, 2.05) is 6.92 Å². The van der Waals surface area contributed by atoms with Crippen molar-refractivity contribution in [2.45, 2.75) is 91.4 Å². The Morgan fingerprint density at radius 1 is 0.786 bits per heavy atom. The summed E-state index contributed by atoms with van der Waals surface area (Å²) in [6.45, 7) is 9.10. The summed E-state index contributed by atoms with van der Waals surface area (Å²) in [5, 5.41) is 0.232. The first-order valence-corrected chi connectivity index (χ1v) is 15.3. The van der Waals surface area contributed by atoms with Gasteiger partial charge in [-0.1, -0.05) is 72.3 Å². The molecule has 0 bridgehead atoms. The minimum absolute atomic E-state index is 0. The Kier molecular flexibility index (Phi) is 16.6. The third kappa shape index (κ3) is 11.8. The third-order valence-electron chi connectivity index (χ3n) is 7.15. The van der Waals surface area contributed by atoms with E-state index in [1.165, 1.54) is 6.07 Å². The molecule has 42 heavy (non-hydrogen) atoms. The normalized spacial score (nSPS) is 13.6. The minimum atomic E-state index is -5.13. The predicted octanol–water partition coefficient (Wildman–Crippen LogP) is 9.68. The van der Waals surface area contributed by atoms with Gasteiger partial charge in [-0.05, 0) is 57.5 Å². The van der Waals surface area contributed by atoms with E-state index >= 15 is 0 Å². The van der Waals surface area contributed by atoms with Gasteiger partial charge in [0.2, 0.25) is 0 Å². The Labute approximate surface area is 259 Å². The first kappa shape index (κ1) is 38.3. The van der Waals surface area contributed by atoms with Crippen molar-refractivity contribution in [3.63, 3.8) is 0 Å². The molecule has 3 unspecified atom stereocenters. The summed E-state index contributed by atoms with van der Waals surface area (Å²) >= 11 is 0. The fourth-order valence-electron chi connectivity index (χ4n) is 4.49. The monoisotopic (exact) mass is 613 g/mol. The van der Waals surface area contributed by atoms with Gasteiger partial charge in [-0.15, -0.1) is 0 Å². The van der Waals surface area contributed by atoms with Crippen LogP contribution < -0.4 is 14.8 Å². The number of alkyl halides is 6. The van der Waals surface area contributed by atoms with Crippen LogP contribution in [-0.2, 0) is 12.4 Å². The van der Waals surface area contributed by atoms with E-state index in [4.69, 9.17) is 9.47 Å². The van der Waals surface area contributed by atoms with Crippen LogP contribution in [0.15, 0.2) is 36.4 Å². The third-order valence-corrected chi connectivity index (χ3v) is 8.31. The van der Waals surface area contributed by atoms with Gasteiger partial charge in [0.1, 0.15) is 11.5 Å². The van der Waals surface area contributed by atoms with E-state index in [-0.39, 0.29) is 35.8 Å². The molecule has 2 aromatic rings. The molecule has 231 valence electrons. The maximum absolute atomic E-state index is 13.7. The molecule has 0 amide bonds. The van der Waals surface area contributed by atoms with Crippen LogP contribution in [0.1, 0.15) is 101 Å². The number of benzene rings is 2. The van der Waals surface area contributed by atoms with E-state index in [0.29, 0.717) is 43.1 Å². The SMILES string of the molecule is CCCCC(CC)COc1ccc(PC(=O)c2c(C(F)(F)F)cccc2C(F)(F)F)c(OCC(CC)CCCC)c1.[Li]. The number of ether oxygens (including phenoxy) is 2. The first-order chi connectivity index (χ1) is 19.3. The number of carbonyl (C=O) groups excluding carboxylic acids is 1. The second-order valence-corrected chi connectivity index (χ2v) is 11.5. The summed E-state index contributed by atoms with van der Waals surface area (Å²) in [7, 11) is -1.02. The van der Waals surface area contributed by atoms with Crippen molar-refractivity contribution in [2.24, 2.45) is 11.8 Å². The van der Waals surface area contributed by atoms with Gasteiger partial charge in [0.05, 0.1) is 24.3 Å². The van der Waals surface area contributed by atoms with Crippen molar-refractivity contribution in [1.29, 1.82) is 0 Å². The molecule has 0 aliphatic rings. The molecule has 0 saturated heterocycles. The summed E-state index contributed by atoms with van der Waals surface area (Å²) < 4.78 is 94.3. The molecule has 2 aromatic carbocycles. The molecule has 0 fully saturated rings. The van der Waals surface area contributed by atoms with Crippen LogP contribution in [0.4, 0.5) is 26.3 Å². The van der Waals surface area contributed by atoms with Gasteiger partial charge in [0.25, 0.3) is 0 Å². The van der Waals surface area contributed by atoms with Crippen LogP contribution in [0.5, 0.6) is 11.5 Å². The van der Waals surface area contributed by atoms with Gasteiger partial charge >= 0.3 is 12.4 Å². The van der Waals surface area contributed by atoms with Gasteiger partial charge in [-0.25, -0.2) is 0 Å². The average molecular weight is 614 g/mol. The number of halogens is 6. The molecule has 0 aliphatic heterocycles. The number of unbranched alkanes of at least 4 members (excludes halogenated alkanes) is 2. The van der Waals surface area contributed by atoms with Crippen molar-refractivity contribution >= 4 is 38.3 Å². The van der Waals surface area contributed by atoms with Crippen LogP contribution in [0, 0.1) is 11.8 Å². The fraction of sp³-hybridized carbons (Fsp3) is 0.581. The van der Waals surface area contributed by atoms with Crippen LogP contribution in [-0.4, -0.2) is 37.6 Å². The van der Waals surface area contributed by atoms with Gasteiger partial charge in [0, 0.05) is 35.8 Å². The summed E-state index contributed by atoms with van der Waals surface area (Å²) in [5.74, 6) is 1.28. The zero-order chi connectivity index (χ0) is 30.6. The summed E-state index contributed by atoms with van der Waals surface area (Å²) in [4.78, 5) is 13.2. The Bertz CT molecular complexity index is 1070. The van der Waals surface area contributed by atoms with E-state index in [2.05, 4.69) is 20.8 Å². The van der Waals surface area contributed by atoms with Crippen LogP contribution in [0.3, 0.4) is 0 Å². The van der Waals surface area contributed by atoms with Gasteiger partial charge in [0.15, 0.2) is 5.52 Å². The van der Waals surface area contributed by atoms with Crippen molar-refractivity contribution in [3.05, 3.63) is 53.1 Å². The van der Waals surface area contributed by atoms with Crippen molar-refractivity contribution in [3.8, 4) is 11.5 Å². The Morgan fingerprint density at radius 2 is 1.29 bits per heavy atom. The standard InChI is InChI=1S/C31H41F6O3P.Li/c1-5-9-12-21(7-3)19-39-23-16-17-27(26(18-23)40-20-22(8-4)13-10-6-2)41-29(38)28-24(30(32,33)34)14-11-15-25(28)31(35,36)37;/h11,14-18,21-22,41H,5-10,12-13,19-20H2,1-4H3;. The zero-order valence-corrected chi connectivity index (χ0v) is 26.2. The van der Waals surface area contributed by atoms with Crippen LogP contribution >= 0.6 is 8.58 Å². The van der Waals surface area contributed by atoms with Crippen LogP contribution in [0.2, 0.25) is 0 Å². The fourth-order valence-corrected chi connectivity index (χ4v) is 5.56. The maximum Gasteiger partial charge on any atom is 0.417 e. The number of hydrogen-bond donors (Lipinski definition) is 0. The topological polar surface area (TPSA) is 35.5 Å². The average Bonchev–Trinajstić information content (AvgIpc) is 2.92. The Morgan fingerprint density at radius 3 is 1.74 bits per heavy atom. The Hall–Kier alpha value is -1.68. The van der Waals surface area contributed by atoms with Gasteiger partial charge in [-0.3, -0.25) is 4.79 Å². The van der Waals surface area contributed by atoms with E-state index < -0.39 is 43.1 Å². The number of rotatable bonds is 17. The van der Waals surface area contributed by atoms with Crippen molar-refractivity contribution in [1.82, 2.24) is 0 Å². The number of carbonyl (C=O) groups is 1. The van der Waals surface area contributed by atoms with Gasteiger partial charge < -0.3 is 9.47 Å². The van der Waals surface area contributed by atoms with Gasteiger partial charge in [-0.2, -0.15) is 26.3 Å². The molecule has 0 aliphatic carbocycles. The number of hydrogen-bond acceptors (Lipinski definition) is 3. The molecule has 1 radical (unpaired) electrons. The second kappa shape index (κ2) is 18.2. The summed E-state index contributed by atoms with van der Waals surface area (Å²) in [5.41, 5.74) is -5.83. The molecule has 0 saturated carbocycles. The van der Waals surface area contributed by atoms with Crippen LogP contribution in [0.25, 0.3) is 0 Å². The maximum atomic E-state index is 13.7. The molecule has 11 heteroatoms. The molecule has 0 spiro atoms. The molecule has 0 aromatic heterocycles. The van der Waals surface area contributed by atoms with Crippen molar-refractivity contribution in [2.75, 3.05) is 13.2 Å². The molecular weight excluding hydrogens is 572 g/mol. The molecule has 2 rings (SSSR count). The molecular formula is C31H41F6LiO3P. The van der Waals surface area contributed by atoms with E-state index in [1.54, 1.807) is 12.1 Å². The molecule has 0 heterocycles. The molecule has 3 nitrogen and oxygen atoms in total. The smallest absolute Gasteiger partial charge is 0.417 e. The first-order valence-electron chi connectivity index (χ1n) is 14.3. The van der Waals surface area contributed by atoms with E-state index in [9.17, 15) is 31.1 Å². The molecule has 0 N–H and O–H groups in total. The minimum Gasteiger partial charge on any atom is -0.493 e. The quantitative estimate of drug-likeness (QED) is 0.101. The predicted molar refractivity (Wildman–Crippen MR) is 159 cm³/mol. The Balaban J connectivity index is 0.00000882. The van der Waals surface area contributed by atoms with E-state index in [0.717, 1.165) is 51.4 Å².